The molecule has 0 aliphatic carbocycles. The number of rotatable bonds is 4. The standard InChI is InChI=1S/C60H58N4/c1-57(2,3)41-19-25-53-47(31-41)48-32-42(58(4,5)6)20-26-54(48)63(53)51-23-13-37(35-61)29-45(51)39-15-17-40(18-16-39)46-30-38(36-62)14-24-52(46)64-55-27-21-43(59(7,8)9)33-49(55)50-34-44(60(10,11)12)22-28-56(50)64/h13-34H,1-12H3. The van der Waals surface area contributed by atoms with Crippen LogP contribution >= 0.6 is 0 Å². The van der Waals surface area contributed by atoms with Crippen LogP contribution < -0.4 is 0 Å². The molecule has 2 heterocycles. The predicted molar refractivity (Wildman–Crippen MR) is 270 cm³/mol. The van der Waals surface area contributed by atoms with Gasteiger partial charge in [-0.3, -0.25) is 0 Å². The Morgan fingerprint density at radius 2 is 0.594 bits per heavy atom. The van der Waals surface area contributed by atoms with Crippen molar-refractivity contribution in [2.24, 2.45) is 0 Å². The van der Waals surface area contributed by atoms with E-state index in [1.165, 1.54) is 43.8 Å². The monoisotopic (exact) mass is 834 g/mol. The van der Waals surface area contributed by atoms with E-state index < -0.39 is 0 Å². The van der Waals surface area contributed by atoms with E-state index in [0.717, 1.165) is 55.7 Å². The summed E-state index contributed by atoms with van der Waals surface area (Å²) < 4.78 is 4.75. The fourth-order valence-corrected chi connectivity index (χ4v) is 9.32. The third-order valence-electron chi connectivity index (χ3n) is 13.2. The molecule has 64 heavy (non-hydrogen) atoms. The Hall–Kier alpha value is -6.88. The van der Waals surface area contributed by atoms with Crippen molar-refractivity contribution in [3.05, 3.63) is 167 Å². The SMILES string of the molecule is CC(C)(C)c1ccc2c(c1)c1cc(C(C)(C)C)ccc1n2-c1ccc(C#N)cc1-c1ccc(-c2cc(C#N)ccc2-n2c3ccc(C(C)(C)C)cc3c3cc(C(C)(C)C)ccc32)cc1. The summed E-state index contributed by atoms with van der Waals surface area (Å²) in [6.45, 7) is 27.2. The zero-order valence-electron chi connectivity index (χ0n) is 39.5. The van der Waals surface area contributed by atoms with Crippen molar-refractivity contribution in [1.29, 1.82) is 10.5 Å². The van der Waals surface area contributed by atoms with Crippen LogP contribution in [0.2, 0.25) is 0 Å². The van der Waals surface area contributed by atoms with E-state index in [1.54, 1.807) is 0 Å². The molecule has 0 saturated carbocycles. The fourth-order valence-electron chi connectivity index (χ4n) is 9.32. The molecule has 9 aromatic rings. The molecule has 0 amide bonds. The van der Waals surface area contributed by atoms with E-state index in [1.807, 2.05) is 24.3 Å². The van der Waals surface area contributed by atoms with Crippen LogP contribution in [-0.2, 0) is 21.7 Å². The van der Waals surface area contributed by atoms with Gasteiger partial charge in [0.15, 0.2) is 0 Å². The first-order valence-corrected chi connectivity index (χ1v) is 22.5. The number of nitriles is 2. The number of nitrogens with zero attached hydrogens (tertiary/aromatic N) is 4. The number of aromatic nitrogens is 2. The minimum absolute atomic E-state index is 0.00858. The van der Waals surface area contributed by atoms with Crippen molar-refractivity contribution in [3.8, 4) is 45.8 Å². The van der Waals surface area contributed by atoms with E-state index in [9.17, 15) is 10.5 Å². The van der Waals surface area contributed by atoms with Crippen LogP contribution in [0.5, 0.6) is 0 Å². The summed E-state index contributed by atoms with van der Waals surface area (Å²) >= 11 is 0. The van der Waals surface area contributed by atoms with Gasteiger partial charge in [0.2, 0.25) is 0 Å². The minimum Gasteiger partial charge on any atom is -0.309 e. The molecule has 0 atom stereocenters. The molecule has 4 heteroatoms. The summed E-state index contributed by atoms with van der Waals surface area (Å²) in [5.41, 5.74) is 16.8. The summed E-state index contributed by atoms with van der Waals surface area (Å²) in [4.78, 5) is 0. The topological polar surface area (TPSA) is 57.4 Å². The van der Waals surface area contributed by atoms with E-state index in [2.05, 4.69) is 214 Å². The molecule has 9 rings (SSSR count). The highest BCUT2D eigenvalue weighted by Gasteiger charge is 2.25. The van der Waals surface area contributed by atoms with E-state index in [4.69, 9.17) is 0 Å². The summed E-state index contributed by atoms with van der Waals surface area (Å²) in [5, 5.41) is 25.3. The molecule has 0 aliphatic rings. The first kappa shape index (κ1) is 42.4. The predicted octanol–water partition coefficient (Wildman–Crippen LogP) is 16.1. The Morgan fingerprint density at radius 3 is 0.828 bits per heavy atom. The molecule has 0 N–H and O–H groups in total. The highest BCUT2D eigenvalue weighted by molar-refractivity contribution is 6.11. The van der Waals surface area contributed by atoms with E-state index >= 15 is 0 Å². The van der Waals surface area contributed by atoms with Crippen molar-refractivity contribution in [3.63, 3.8) is 0 Å². The zero-order valence-corrected chi connectivity index (χ0v) is 39.5. The van der Waals surface area contributed by atoms with Crippen LogP contribution in [0, 0.1) is 22.7 Å². The molecule has 0 unspecified atom stereocenters. The Bertz CT molecular complexity index is 3040. The first-order valence-electron chi connectivity index (χ1n) is 22.5. The average molecular weight is 835 g/mol. The van der Waals surface area contributed by atoms with Crippen LogP contribution in [0.4, 0.5) is 0 Å². The molecule has 0 radical (unpaired) electrons. The van der Waals surface area contributed by atoms with Crippen molar-refractivity contribution in [2.75, 3.05) is 0 Å². The normalized spacial score (nSPS) is 12.7. The zero-order chi connectivity index (χ0) is 45.7. The molecule has 0 saturated heterocycles. The van der Waals surface area contributed by atoms with Crippen LogP contribution in [0.1, 0.15) is 116 Å². The van der Waals surface area contributed by atoms with Crippen LogP contribution in [0.15, 0.2) is 133 Å². The molecule has 0 spiro atoms. The molecule has 0 aliphatic heterocycles. The second-order valence-electron chi connectivity index (χ2n) is 21.9. The van der Waals surface area contributed by atoms with Gasteiger partial charge in [-0.25, -0.2) is 0 Å². The largest absolute Gasteiger partial charge is 0.309 e. The molecular formula is C60H58N4. The smallest absolute Gasteiger partial charge is 0.0991 e. The van der Waals surface area contributed by atoms with Gasteiger partial charge in [0.25, 0.3) is 0 Å². The van der Waals surface area contributed by atoms with Gasteiger partial charge in [-0.1, -0.05) is 132 Å². The summed E-state index contributed by atoms with van der Waals surface area (Å²) in [5.74, 6) is 0. The average Bonchev–Trinajstić information content (AvgIpc) is 3.76. The lowest BCUT2D eigenvalue weighted by molar-refractivity contribution is 0.590. The second kappa shape index (κ2) is 14.9. The van der Waals surface area contributed by atoms with E-state index in [-0.39, 0.29) is 21.7 Å². The van der Waals surface area contributed by atoms with Gasteiger partial charge in [0, 0.05) is 32.7 Å². The van der Waals surface area contributed by atoms with Gasteiger partial charge in [0.05, 0.1) is 56.7 Å². The van der Waals surface area contributed by atoms with Gasteiger partial charge in [-0.15, -0.1) is 0 Å². The maximum Gasteiger partial charge on any atom is 0.0991 e. The number of benzene rings is 7. The van der Waals surface area contributed by atoms with Gasteiger partial charge >= 0.3 is 0 Å². The maximum atomic E-state index is 10.2. The van der Waals surface area contributed by atoms with Crippen LogP contribution in [0.3, 0.4) is 0 Å². The van der Waals surface area contributed by atoms with Crippen molar-refractivity contribution in [2.45, 2.75) is 105 Å². The Kier molecular flexibility index (Phi) is 9.85. The third-order valence-corrected chi connectivity index (χ3v) is 13.2. The molecule has 0 bridgehead atoms. The molecule has 0 fully saturated rings. The molecule has 318 valence electrons. The van der Waals surface area contributed by atoms with Crippen molar-refractivity contribution < 1.29 is 0 Å². The minimum atomic E-state index is -0.00858. The molecule has 4 nitrogen and oxygen atoms in total. The van der Waals surface area contributed by atoms with Crippen LogP contribution in [-0.4, -0.2) is 9.13 Å². The maximum absolute atomic E-state index is 10.2. The Balaban J connectivity index is 1.24. The number of hydrogen-bond acceptors (Lipinski definition) is 2. The molecule has 2 aromatic heterocycles. The highest BCUT2D eigenvalue weighted by atomic mass is 15.0. The summed E-state index contributed by atoms with van der Waals surface area (Å²) in [6.07, 6.45) is 0. The van der Waals surface area contributed by atoms with Gasteiger partial charge < -0.3 is 9.13 Å². The number of fused-ring (bicyclic) bond motifs is 6. The van der Waals surface area contributed by atoms with Crippen molar-refractivity contribution >= 4 is 43.6 Å². The number of hydrogen-bond donors (Lipinski definition) is 0. The van der Waals surface area contributed by atoms with Crippen molar-refractivity contribution in [1.82, 2.24) is 9.13 Å². The first-order chi connectivity index (χ1) is 30.1. The molecular weight excluding hydrogens is 777 g/mol. The van der Waals surface area contributed by atoms with Gasteiger partial charge in [0.1, 0.15) is 0 Å². The van der Waals surface area contributed by atoms with Crippen LogP contribution in [0.25, 0.3) is 77.2 Å². The third kappa shape index (κ3) is 7.26. The quantitative estimate of drug-likeness (QED) is 0.177. The molecule has 7 aromatic carbocycles. The summed E-state index contributed by atoms with van der Waals surface area (Å²) in [6, 6.07) is 53.2. The highest BCUT2D eigenvalue weighted by Crippen LogP contribution is 2.43. The lowest BCUT2D eigenvalue weighted by Gasteiger charge is -2.20. The lowest BCUT2D eigenvalue weighted by Crippen LogP contribution is -2.10. The Morgan fingerprint density at radius 1 is 0.328 bits per heavy atom. The summed E-state index contributed by atoms with van der Waals surface area (Å²) in [7, 11) is 0. The van der Waals surface area contributed by atoms with E-state index in [0.29, 0.717) is 11.1 Å². The van der Waals surface area contributed by atoms with Gasteiger partial charge in [-0.05, 0) is 140 Å². The second-order valence-corrected chi connectivity index (χ2v) is 21.9. The fraction of sp³-hybridized carbons (Fsp3) is 0.267. The van der Waals surface area contributed by atoms with Gasteiger partial charge in [-0.2, -0.15) is 10.5 Å². The Labute approximate surface area is 379 Å². The lowest BCUT2D eigenvalue weighted by atomic mass is 9.85.